The highest BCUT2D eigenvalue weighted by atomic mass is 79.9. The van der Waals surface area contributed by atoms with Crippen molar-refractivity contribution in [3.05, 3.63) is 179 Å². The fraction of sp³-hybridized carbons (Fsp3) is 0.196. The number of carbonyl (C=O) groups is 1. The van der Waals surface area contributed by atoms with Gasteiger partial charge in [-0.2, -0.15) is 0 Å². The Kier molecular flexibility index (Phi) is 14.3. The van der Waals surface area contributed by atoms with Crippen molar-refractivity contribution in [2.45, 2.75) is 33.8 Å². The molecule has 0 aliphatic carbocycles. The summed E-state index contributed by atoms with van der Waals surface area (Å²) in [6.07, 6.45) is 0.0407. The minimum atomic E-state index is -0.951. The number of para-hydroxylation sites is 1. The summed E-state index contributed by atoms with van der Waals surface area (Å²) in [5.74, 6) is -4.21. The lowest BCUT2D eigenvalue weighted by molar-refractivity contribution is 0.0963. The molecule has 3 heterocycles. The summed E-state index contributed by atoms with van der Waals surface area (Å²) in [4.78, 5) is 46.8. The van der Waals surface area contributed by atoms with E-state index in [4.69, 9.17) is 4.74 Å². The summed E-state index contributed by atoms with van der Waals surface area (Å²) in [6.45, 7) is 4.40. The predicted molar refractivity (Wildman–Crippen MR) is 230 cm³/mol. The quantitative estimate of drug-likeness (QED) is 0.112. The number of ether oxygens (including phenoxy) is 1. The number of hydrogen-bond donors (Lipinski definition) is 3. The van der Waals surface area contributed by atoms with E-state index in [0.717, 1.165) is 40.5 Å². The number of aryl methyl sites for hydroxylation is 3. The fourth-order valence-corrected chi connectivity index (χ4v) is 7.14. The van der Waals surface area contributed by atoms with E-state index in [2.05, 4.69) is 31.2 Å². The van der Waals surface area contributed by atoms with Crippen LogP contribution in [0.3, 0.4) is 0 Å². The number of aliphatic hydroxyl groups is 2. The summed E-state index contributed by atoms with van der Waals surface area (Å²) in [5.41, 5.74) is 2.21. The number of nitrogens with one attached hydrogen (secondary N) is 1. The Morgan fingerprint density at radius 2 is 1.48 bits per heavy atom. The standard InChI is InChI=1S/C24H20F3N3O3.C22H19BrF2N2O3/c1-13-9-15(25)5-6-16(13)22-17-7-8-21(33)30(23-18(26)3-2-4-19(23)27)24(17)29-20(28-22)10-14(11-31)12-32;1-12-4-5-14(21(28)26-3)9-18(12)27-13(2)8-19(20(23)22(27)29)30-11-15-6-7-16(24)10-17(15)25/h2-9,14,31-32H,10-12H2,1H3;4-10H,11H2,1-3H3,(H,26,28). The van der Waals surface area contributed by atoms with Crippen molar-refractivity contribution in [1.29, 1.82) is 0 Å². The molecule has 0 atom stereocenters. The molecule has 4 aromatic carbocycles. The lowest BCUT2D eigenvalue weighted by Crippen LogP contribution is -2.24. The second-order valence-electron chi connectivity index (χ2n) is 14.4. The van der Waals surface area contributed by atoms with Gasteiger partial charge in [-0.15, -0.1) is 0 Å². The number of carbonyl (C=O) groups excluding carboxylic acids is 1. The Labute approximate surface area is 365 Å². The molecular formula is C46H39BrF5N5O6. The number of aromatic nitrogens is 4. The van der Waals surface area contributed by atoms with Gasteiger partial charge in [-0.3, -0.25) is 23.5 Å². The maximum atomic E-state index is 14.6. The van der Waals surface area contributed by atoms with Crippen LogP contribution in [0.1, 0.15) is 38.6 Å². The number of nitrogens with zero attached hydrogens (tertiary/aromatic N) is 4. The highest BCUT2D eigenvalue weighted by Gasteiger charge is 2.22. The Morgan fingerprint density at radius 1 is 0.794 bits per heavy atom. The van der Waals surface area contributed by atoms with Crippen LogP contribution in [0.2, 0.25) is 0 Å². The molecule has 63 heavy (non-hydrogen) atoms. The van der Waals surface area contributed by atoms with Crippen molar-refractivity contribution in [2.24, 2.45) is 5.92 Å². The third-order valence-electron chi connectivity index (χ3n) is 10.0. The number of rotatable bonds is 11. The van der Waals surface area contributed by atoms with Gasteiger partial charge >= 0.3 is 0 Å². The average Bonchev–Trinajstić information content (AvgIpc) is 3.25. The molecule has 0 aliphatic rings. The third-order valence-corrected chi connectivity index (χ3v) is 10.8. The Bertz CT molecular complexity index is 2970. The van der Waals surface area contributed by atoms with Gasteiger partial charge < -0.3 is 20.3 Å². The number of aliphatic hydroxyl groups excluding tert-OH is 2. The summed E-state index contributed by atoms with van der Waals surface area (Å²) in [7, 11) is 1.53. The van der Waals surface area contributed by atoms with E-state index >= 15 is 0 Å². The van der Waals surface area contributed by atoms with Crippen LogP contribution in [0.4, 0.5) is 22.0 Å². The molecule has 0 saturated carbocycles. The number of halogens is 6. The highest BCUT2D eigenvalue weighted by molar-refractivity contribution is 9.10. The zero-order valence-electron chi connectivity index (χ0n) is 34.2. The van der Waals surface area contributed by atoms with Crippen molar-refractivity contribution >= 4 is 32.9 Å². The molecule has 0 unspecified atom stereocenters. The summed E-state index contributed by atoms with van der Waals surface area (Å²) < 4.78 is 78.0. The van der Waals surface area contributed by atoms with Gasteiger partial charge in [0.15, 0.2) is 5.65 Å². The zero-order chi connectivity index (χ0) is 45.7. The van der Waals surface area contributed by atoms with Crippen molar-refractivity contribution in [3.63, 3.8) is 0 Å². The van der Waals surface area contributed by atoms with Crippen molar-refractivity contribution in [1.82, 2.24) is 24.4 Å². The molecule has 11 nitrogen and oxygen atoms in total. The molecule has 0 radical (unpaired) electrons. The molecule has 3 N–H and O–H groups in total. The van der Waals surface area contributed by atoms with E-state index in [1.807, 2.05) is 6.92 Å². The Morgan fingerprint density at radius 3 is 2.13 bits per heavy atom. The fourth-order valence-electron chi connectivity index (χ4n) is 6.73. The molecule has 17 heteroatoms. The van der Waals surface area contributed by atoms with E-state index < -0.39 is 46.3 Å². The molecule has 1 amide bonds. The molecule has 0 bridgehead atoms. The molecule has 7 rings (SSSR count). The number of fused-ring (bicyclic) bond motifs is 1. The zero-order valence-corrected chi connectivity index (χ0v) is 35.7. The highest BCUT2D eigenvalue weighted by Crippen LogP contribution is 2.31. The van der Waals surface area contributed by atoms with Crippen molar-refractivity contribution in [2.75, 3.05) is 20.3 Å². The molecule has 0 fully saturated rings. The average molecular weight is 933 g/mol. The largest absolute Gasteiger partial charge is 0.487 e. The Balaban J connectivity index is 0.000000211. The topological polar surface area (TPSA) is 149 Å². The van der Waals surface area contributed by atoms with Gasteiger partial charge in [-0.25, -0.2) is 31.9 Å². The van der Waals surface area contributed by atoms with Crippen LogP contribution in [-0.4, -0.2) is 55.5 Å². The molecule has 7 aromatic rings. The predicted octanol–water partition coefficient (Wildman–Crippen LogP) is 7.75. The van der Waals surface area contributed by atoms with Crippen LogP contribution in [0, 0.1) is 55.8 Å². The van der Waals surface area contributed by atoms with Crippen LogP contribution in [0.25, 0.3) is 33.7 Å². The van der Waals surface area contributed by atoms with Gasteiger partial charge in [0, 0.05) is 78.6 Å². The first-order valence-corrected chi connectivity index (χ1v) is 20.0. The first kappa shape index (κ1) is 46.0. The SMILES string of the molecule is CNC(=O)c1ccc(C)c(-n2c(C)cc(OCc3ccc(F)cc3F)c(Br)c2=O)c1.Cc1cc(F)ccc1-c1nc(CC(CO)CO)nc2c1ccc(=O)n2-c1c(F)cccc1F. The summed E-state index contributed by atoms with van der Waals surface area (Å²) in [5, 5.41) is 21.9. The molecule has 0 spiro atoms. The van der Waals surface area contributed by atoms with Gasteiger partial charge in [0.05, 0.1) is 11.4 Å². The van der Waals surface area contributed by atoms with Crippen molar-refractivity contribution < 1.29 is 41.7 Å². The summed E-state index contributed by atoms with van der Waals surface area (Å²) >= 11 is 3.26. The van der Waals surface area contributed by atoms with E-state index in [9.17, 15) is 46.5 Å². The maximum absolute atomic E-state index is 14.6. The monoisotopic (exact) mass is 931 g/mol. The first-order valence-electron chi connectivity index (χ1n) is 19.2. The molecule has 326 valence electrons. The molecule has 0 saturated heterocycles. The number of hydrogen-bond acceptors (Lipinski definition) is 8. The van der Waals surface area contributed by atoms with Gasteiger partial charge in [-0.05, 0) is 108 Å². The van der Waals surface area contributed by atoms with Crippen LogP contribution in [-0.2, 0) is 13.0 Å². The van der Waals surface area contributed by atoms with Gasteiger partial charge in [-0.1, -0.05) is 12.1 Å². The van der Waals surface area contributed by atoms with Crippen LogP contribution in [0.5, 0.6) is 5.75 Å². The molecule has 0 aliphatic heterocycles. The van der Waals surface area contributed by atoms with Gasteiger partial charge in [0.1, 0.15) is 57.4 Å². The van der Waals surface area contributed by atoms with E-state index in [1.54, 1.807) is 38.1 Å². The number of amides is 1. The first-order chi connectivity index (χ1) is 30.1. The van der Waals surface area contributed by atoms with Crippen LogP contribution in [0.15, 0.2) is 105 Å². The van der Waals surface area contributed by atoms with Gasteiger partial charge in [0.25, 0.3) is 17.0 Å². The van der Waals surface area contributed by atoms with Crippen LogP contribution < -0.4 is 21.2 Å². The normalized spacial score (nSPS) is 11.1. The minimum Gasteiger partial charge on any atom is -0.487 e. The summed E-state index contributed by atoms with van der Waals surface area (Å²) in [6, 6.07) is 19.9. The van der Waals surface area contributed by atoms with Gasteiger partial charge in [0.2, 0.25) is 0 Å². The third kappa shape index (κ3) is 9.90. The lowest BCUT2D eigenvalue weighted by atomic mass is 10.0. The van der Waals surface area contributed by atoms with E-state index in [-0.39, 0.29) is 65.0 Å². The smallest absolute Gasteiger partial charge is 0.273 e. The second-order valence-corrected chi connectivity index (χ2v) is 15.2. The molecule has 3 aromatic heterocycles. The number of benzene rings is 4. The second kappa shape index (κ2) is 19.7. The lowest BCUT2D eigenvalue weighted by Gasteiger charge is -2.17. The van der Waals surface area contributed by atoms with E-state index in [1.165, 1.54) is 48.0 Å². The van der Waals surface area contributed by atoms with Crippen LogP contribution >= 0.6 is 15.9 Å². The minimum absolute atomic E-state index is 0.0407. The number of pyridine rings is 2. The molecular weight excluding hydrogens is 893 g/mol. The van der Waals surface area contributed by atoms with Crippen molar-refractivity contribution in [3.8, 4) is 28.4 Å². The van der Waals surface area contributed by atoms with E-state index in [0.29, 0.717) is 39.2 Å². The Hall–Kier alpha value is -6.56. The maximum Gasteiger partial charge on any atom is 0.273 e.